The predicted octanol–water partition coefficient (Wildman–Crippen LogP) is 0.115. The monoisotopic (exact) mass is 245 g/mol. The van der Waals surface area contributed by atoms with Gasteiger partial charge in [0.15, 0.2) is 0 Å². The van der Waals surface area contributed by atoms with E-state index in [-0.39, 0.29) is 25.0 Å². The lowest BCUT2D eigenvalue weighted by molar-refractivity contribution is -0.150. The van der Waals surface area contributed by atoms with Crippen molar-refractivity contribution in [1.82, 2.24) is 4.90 Å². The van der Waals surface area contributed by atoms with Crippen LogP contribution in [0.3, 0.4) is 0 Å². The van der Waals surface area contributed by atoms with Gasteiger partial charge >= 0.3 is 5.97 Å². The summed E-state index contributed by atoms with van der Waals surface area (Å²) in [5, 5.41) is 8.58. The molecule has 0 aromatic heterocycles. The van der Waals surface area contributed by atoms with Gasteiger partial charge in [0.1, 0.15) is 6.61 Å². The third-order valence-corrected chi connectivity index (χ3v) is 2.68. The Morgan fingerprint density at radius 2 is 2.41 bits per heavy atom. The van der Waals surface area contributed by atoms with E-state index >= 15 is 0 Å². The van der Waals surface area contributed by atoms with Gasteiger partial charge in [-0.25, -0.2) is 0 Å². The number of ether oxygens (including phenoxy) is 2. The average Bonchev–Trinajstić information content (AvgIpc) is 2.30. The second kappa shape index (κ2) is 7.24. The Kier molecular flexibility index (Phi) is 5.93. The van der Waals surface area contributed by atoms with Crippen LogP contribution in [0.25, 0.3) is 0 Å². The Morgan fingerprint density at radius 1 is 1.65 bits per heavy atom. The molecule has 98 valence electrons. The Bertz CT molecular complexity index is 269. The maximum atomic E-state index is 11.5. The van der Waals surface area contributed by atoms with Gasteiger partial charge in [0.25, 0.3) is 0 Å². The maximum absolute atomic E-state index is 11.5. The molecule has 17 heavy (non-hydrogen) atoms. The second-order valence-electron chi connectivity index (χ2n) is 4.05. The zero-order valence-corrected chi connectivity index (χ0v) is 10.1. The molecule has 0 radical (unpaired) electrons. The van der Waals surface area contributed by atoms with E-state index in [4.69, 9.17) is 14.6 Å². The molecule has 0 saturated carbocycles. The van der Waals surface area contributed by atoms with Crippen molar-refractivity contribution < 1.29 is 24.2 Å². The summed E-state index contributed by atoms with van der Waals surface area (Å²) in [6.07, 6.45) is 1.15. The molecule has 1 aliphatic rings. The largest absolute Gasteiger partial charge is 0.481 e. The first-order valence-electron chi connectivity index (χ1n) is 5.73. The van der Waals surface area contributed by atoms with Crippen LogP contribution in [0.4, 0.5) is 0 Å². The number of hydrogen-bond donors (Lipinski definition) is 1. The van der Waals surface area contributed by atoms with Gasteiger partial charge < -0.3 is 19.5 Å². The number of carboxylic acid groups (broad SMARTS) is 1. The van der Waals surface area contributed by atoms with Gasteiger partial charge in [-0.15, -0.1) is 0 Å². The molecular weight excluding hydrogens is 226 g/mol. The van der Waals surface area contributed by atoms with Crippen LogP contribution < -0.4 is 0 Å². The molecule has 1 heterocycles. The minimum Gasteiger partial charge on any atom is -0.481 e. The highest BCUT2D eigenvalue weighted by molar-refractivity contribution is 5.78. The van der Waals surface area contributed by atoms with E-state index in [2.05, 4.69) is 0 Å². The number of carboxylic acids is 1. The predicted molar refractivity (Wildman–Crippen MR) is 59.7 cm³/mol. The van der Waals surface area contributed by atoms with E-state index in [1.807, 2.05) is 0 Å². The van der Waals surface area contributed by atoms with Gasteiger partial charge in [0.2, 0.25) is 5.91 Å². The lowest BCUT2D eigenvalue weighted by Crippen LogP contribution is -2.47. The molecule has 1 atom stereocenters. The molecule has 1 fully saturated rings. The van der Waals surface area contributed by atoms with Gasteiger partial charge in [-0.3, -0.25) is 9.59 Å². The van der Waals surface area contributed by atoms with Crippen LogP contribution in [0.2, 0.25) is 0 Å². The molecule has 1 N–H and O–H groups in total. The van der Waals surface area contributed by atoms with Gasteiger partial charge in [-0.2, -0.15) is 0 Å². The highest BCUT2D eigenvalue weighted by Gasteiger charge is 2.25. The summed E-state index contributed by atoms with van der Waals surface area (Å²) >= 11 is 0. The highest BCUT2D eigenvalue weighted by atomic mass is 16.5. The number of hydrogen-bond acceptors (Lipinski definition) is 4. The van der Waals surface area contributed by atoms with E-state index in [0.29, 0.717) is 26.1 Å². The molecule has 6 heteroatoms. The van der Waals surface area contributed by atoms with Crippen molar-refractivity contribution in [2.75, 3.05) is 33.4 Å². The molecular formula is C11H19NO5. The minimum atomic E-state index is -0.837. The lowest BCUT2D eigenvalue weighted by Gasteiger charge is -2.32. The Morgan fingerprint density at radius 3 is 3.06 bits per heavy atom. The standard InChI is InChI=1S/C11H19NO5/c1-16-6-2-5-12-7-9(3-4-11(14)15)17-8-10(12)13/h9H,2-8H2,1H3,(H,14,15). The third kappa shape index (κ3) is 5.14. The number of carbonyl (C=O) groups is 2. The van der Waals surface area contributed by atoms with Crippen LogP contribution in [-0.4, -0.2) is 61.4 Å². The van der Waals surface area contributed by atoms with Crippen LogP contribution in [0.5, 0.6) is 0 Å². The SMILES string of the molecule is COCCCN1CC(CCC(=O)O)OCC1=O. The first kappa shape index (κ1) is 13.9. The average molecular weight is 245 g/mol. The molecule has 6 nitrogen and oxygen atoms in total. The van der Waals surface area contributed by atoms with Crippen molar-refractivity contribution >= 4 is 11.9 Å². The normalized spacial score (nSPS) is 20.6. The van der Waals surface area contributed by atoms with E-state index in [9.17, 15) is 9.59 Å². The summed E-state index contributed by atoms with van der Waals surface area (Å²) in [4.78, 5) is 23.7. The summed E-state index contributed by atoms with van der Waals surface area (Å²) in [7, 11) is 1.62. The first-order valence-corrected chi connectivity index (χ1v) is 5.73. The number of carbonyl (C=O) groups excluding carboxylic acids is 1. The Labute approximate surface area is 100 Å². The van der Waals surface area contributed by atoms with Gasteiger partial charge in [0, 0.05) is 33.2 Å². The van der Waals surface area contributed by atoms with Gasteiger partial charge in [-0.05, 0) is 12.8 Å². The molecule has 1 saturated heterocycles. The Hall–Kier alpha value is -1.14. The van der Waals surface area contributed by atoms with Gasteiger partial charge in [0.05, 0.1) is 6.10 Å². The molecule has 1 rings (SSSR count). The molecule has 0 spiro atoms. The lowest BCUT2D eigenvalue weighted by atomic mass is 10.1. The molecule has 0 aliphatic carbocycles. The topological polar surface area (TPSA) is 76.1 Å². The van der Waals surface area contributed by atoms with Crippen LogP contribution in [-0.2, 0) is 19.1 Å². The van der Waals surface area contributed by atoms with Crippen LogP contribution in [0.1, 0.15) is 19.3 Å². The number of amides is 1. The van der Waals surface area contributed by atoms with E-state index in [1.165, 1.54) is 0 Å². The number of methoxy groups -OCH3 is 1. The molecule has 1 unspecified atom stereocenters. The number of rotatable bonds is 7. The highest BCUT2D eigenvalue weighted by Crippen LogP contribution is 2.12. The smallest absolute Gasteiger partial charge is 0.303 e. The summed E-state index contributed by atoms with van der Waals surface area (Å²) in [6.45, 7) is 1.79. The van der Waals surface area contributed by atoms with Crippen molar-refractivity contribution in [3.05, 3.63) is 0 Å². The number of nitrogens with zero attached hydrogens (tertiary/aromatic N) is 1. The van der Waals surface area contributed by atoms with Crippen molar-refractivity contribution in [2.45, 2.75) is 25.4 Å². The fraction of sp³-hybridized carbons (Fsp3) is 0.818. The van der Waals surface area contributed by atoms with Crippen LogP contribution in [0, 0.1) is 0 Å². The number of morpholine rings is 1. The minimum absolute atomic E-state index is 0.0346. The molecule has 1 aliphatic heterocycles. The molecule has 0 aromatic rings. The maximum Gasteiger partial charge on any atom is 0.303 e. The zero-order valence-electron chi connectivity index (χ0n) is 10.1. The van der Waals surface area contributed by atoms with Gasteiger partial charge in [-0.1, -0.05) is 0 Å². The van der Waals surface area contributed by atoms with Crippen molar-refractivity contribution in [1.29, 1.82) is 0 Å². The quantitative estimate of drug-likeness (QED) is 0.644. The molecule has 1 amide bonds. The summed E-state index contributed by atoms with van der Waals surface area (Å²) in [5.41, 5.74) is 0. The third-order valence-electron chi connectivity index (χ3n) is 2.68. The van der Waals surface area contributed by atoms with Crippen molar-refractivity contribution in [2.24, 2.45) is 0 Å². The summed E-state index contributed by atoms with van der Waals surface area (Å²) < 4.78 is 10.2. The molecule has 0 aromatic carbocycles. The summed E-state index contributed by atoms with van der Waals surface area (Å²) in [6, 6.07) is 0. The second-order valence-corrected chi connectivity index (χ2v) is 4.05. The van der Waals surface area contributed by atoms with Crippen molar-refractivity contribution in [3.63, 3.8) is 0 Å². The fourth-order valence-corrected chi connectivity index (χ4v) is 1.76. The summed E-state index contributed by atoms with van der Waals surface area (Å²) in [5.74, 6) is -0.871. The zero-order chi connectivity index (χ0) is 12.7. The number of aliphatic carboxylic acids is 1. The first-order chi connectivity index (χ1) is 8.13. The van der Waals surface area contributed by atoms with E-state index in [0.717, 1.165) is 6.42 Å². The molecule has 0 bridgehead atoms. The Balaban J connectivity index is 2.31. The fourth-order valence-electron chi connectivity index (χ4n) is 1.76. The van der Waals surface area contributed by atoms with E-state index < -0.39 is 5.97 Å². The van der Waals surface area contributed by atoms with E-state index in [1.54, 1.807) is 12.0 Å². The van der Waals surface area contributed by atoms with Crippen molar-refractivity contribution in [3.8, 4) is 0 Å². The van der Waals surface area contributed by atoms with Crippen LogP contribution >= 0.6 is 0 Å². The van der Waals surface area contributed by atoms with Crippen LogP contribution in [0.15, 0.2) is 0 Å².